The van der Waals surface area contributed by atoms with Crippen LogP contribution < -0.4 is 4.74 Å². The number of ether oxygens (including phenoxy) is 1. The number of benzene rings is 2. The minimum Gasteiger partial charge on any atom is -0.489 e. The lowest BCUT2D eigenvalue weighted by Gasteiger charge is -2.09. The first-order valence-corrected chi connectivity index (χ1v) is 6.87. The summed E-state index contributed by atoms with van der Waals surface area (Å²) in [5.74, 6) is 0.692. The van der Waals surface area contributed by atoms with E-state index in [2.05, 4.69) is 4.98 Å². The Morgan fingerprint density at radius 1 is 1.05 bits per heavy atom. The van der Waals surface area contributed by atoms with E-state index in [0.29, 0.717) is 17.9 Å². The maximum atomic E-state index is 11.0. The molecule has 0 atom stereocenters. The summed E-state index contributed by atoms with van der Waals surface area (Å²) in [6.07, 6.45) is 1.77. The number of hydrogen-bond donors (Lipinski definition) is 0. The van der Waals surface area contributed by atoms with Crippen LogP contribution in [0, 0.1) is 0 Å². The van der Waals surface area contributed by atoms with Gasteiger partial charge in [0.1, 0.15) is 12.4 Å². The highest BCUT2D eigenvalue weighted by atomic mass is 35.5. The zero-order valence-electron chi connectivity index (χ0n) is 11.5. The summed E-state index contributed by atoms with van der Waals surface area (Å²) < 4.78 is 5.75. The second kappa shape index (κ2) is 7.25. The number of aromatic nitrogens is 1. The van der Waals surface area contributed by atoms with Gasteiger partial charge in [0, 0.05) is 22.7 Å². The Hall–Kier alpha value is -2.10. The Morgan fingerprint density at radius 3 is 2.50 bits per heavy atom. The number of halogens is 2. The van der Waals surface area contributed by atoms with Gasteiger partial charge in [-0.1, -0.05) is 18.2 Å². The minimum absolute atomic E-state index is 0. The van der Waals surface area contributed by atoms with Crippen LogP contribution >= 0.6 is 24.0 Å². The number of pyridine rings is 1. The second-order valence-electron chi connectivity index (χ2n) is 4.57. The van der Waals surface area contributed by atoms with Crippen molar-refractivity contribution in [2.75, 3.05) is 0 Å². The lowest BCUT2D eigenvalue weighted by Crippen LogP contribution is -1.97. The summed E-state index contributed by atoms with van der Waals surface area (Å²) in [6.45, 7) is 0.442. The average Bonchev–Trinajstić information content (AvgIpc) is 2.53. The van der Waals surface area contributed by atoms with Crippen molar-refractivity contribution >= 4 is 40.2 Å². The number of rotatable bonds is 4. The molecule has 0 aliphatic carbocycles. The smallest absolute Gasteiger partial charge is 0.252 e. The molecule has 0 bridgehead atoms. The van der Waals surface area contributed by atoms with Crippen molar-refractivity contribution in [1.82, 2.24) is 4.98 Å². The highest BCUT2D eigenvalue weighted by molar-refractivity contribution is 6.67. The predicted octanol–water partition coefficient (Wildman–Crippen LogP) is 4.61. The van der Waals surface area contributed by atoms with Crippen LogP contribution in [0.2, 0.25) is 0 Å². The molecule has 3 aromatic rings. The van der Waals surface area contributed by atoms with Gasteiger partial charge in [0.2, 0.25) is 0 Å². The fourth-order valence-corrected chi connectivity index (χ4v) is 2.25. The molecule has 0 saturated carbocycles. The van der Waals surface area contributed by atoms with Gasteiger partial charge in [-0.2, -0.15) is 0 Å². The molecule has 0 aliphatic heterocycles. The minimum atomic E-state index is -0.471. The van der Waals surface area contributed by atoms with E-state index in [9.17, 15) is 4.79 Å². The SMILES string of the molecule is Cl.O=C(Cl)c1ccc(OCc2ccnc3ccccc23)cc1. The van der Waals surface area contributed by atoms with Crippen LogP contribution in [0.4, 0.5) is 0 Å². The number of hydrogen-bond acceptors (Lipinski definition) is 3. The van der Waals surface area contributed by atoms with Gasteiger partial charge in [-0.05, 0) is 48.0 Å². The van der Waals surface area contributed by atoms with Crippen LogP contribution in [-0.4, -0.2) is 10.2 Å². The molecule has 0 fully saturated rings. The van der Waals surface area contributed by atoms with E-state index in [1.165, 1.54) is 0 Å². The summed E-state index contributed by atoms with van der Waals surface area (Å²) in [6, 6.07) is 16.6. The summed E-state index contributed by atoms with van der Waals surface area (Å²) >= 11 is 5.41. The first-order valence-electron chi connectivity index (χ1n) is 6.49. The maximum Gasteiger partial charge on any atom is 0.252 e. The molecule has 0 unspecified atom stereocenters. The fourth-order valence-electron chi connectivity index (χ4n) is 2.12. The van der Waals surface area contributed by atoms with Gasteiger partial charge in [-0.3, -0.25) is 9.78 Å². The number of carbonyl (C=O) groups is 1. The zero-order valence-corrected chi connectivity index (χ0v) is 13.1. The van der Waals surface area contributed by atoms with Gasteiger partial charge in [0.05, 0.1) is 5.52 Å². The van der Waals surface area contributed by atoms with Crippen molar-refractivity contribution in [3.05, 3.63) is 71.9 Å². The van der Waals surface area contributed by atoms with Gasteiger partial charge >= 0.3 is 0 Å². The van der Waals surface area contributed by atoms with Gasteiger partial charge in [-0.25, -0.2) is 0 Å². The van der Waals surface area contributed by atoms with E-state index in [1.54, 1.807) is 30.5 Å². The van der Waals surface area contributed by atoms with Crippen LogP contribution in [0.25, 0.3) is 10.9 Å². The Bertz CT molecular complexity index is 783. The van der Waals surface area contributed by atoms with Gasteiger partial charge < -0.3 is 4.74 Å². The van der Waals surface area contributed by atoms with Gasteiger partial charge in [0.15, 0.2) is 0 Å². The Morgan fingerprint density at radius 2 is 1.77 bits per heavy atom. The van der Waals surface area contributed by atoms with Crippen molar-refractivity contribution in [3.63, 3.8) is 0 Å². The van der Waals surface area contributed by atoms with Crippen molar-refractivity contribution in [3.8, 4) is 5.75 Å². The summed E-state index contributed by atoms with van der Waals surface area (Å²) in [7, 11) is 0. The quantitative estimate of drug-likeness (QED) is 0.654. The van der Waals surface area contributed by atoms with E-state index in [0.717, 1.165) is 16.5 Å². The molecule has 0 amide bonds. The molecule has 3 nitrogen and oxygen atoms in total. The molecular formula is C17H13Cl2NO2. The third-order valence-corrected chi connectivity index (χ3v) is 3.43. The van der Waals surface area contributed by atoms with E-state index in [4.69, 9.17) is 16.3 Å². The number of fused-ring (bicyclic) bond motifs is 1. The van der Waals surface area contributed by atoms with Crippen molar-refractivity contribution < 1.29 is 9.53 Å². The zero-order chi connectivity index (χ0) is 14.7. The average molecular weight is 334 g/mol. The molecule has 22 heavy (non-hydrogen) atoms. The van der Waals surface area contributed by atoms with Gasteiger partial charge in [0.25, 0.3) is 5.24 Å². The van der Waals surface area contributed by atoms with Crippen molar-refractivity contribution in [2.45, 2.75) is 6.61 Å². The molecule has 0 spiro atoms. The molecular weight excluding hydrogens is 321 g/mol. The second-order valence-corrected chi connectivity index (χ2v) is 4.92. The van der Waals surface area contributed by atoms with Crippen LogP contribution in [-0.2, 0) is 6.61 Å². The van der Waals surface area contributed by atoms with E-state index < -0.39 is 5.24 Å². The summed E-state index contributed by atoms with van der Waals surface area (Å²) in [5, 5.41) is 0.606. The largest absolute Gasteiger partial charge is 0.489 e. The summed E-state index contributed by atoms with van der Waals surface area (Å²) in [5.41, 5.74) is 2.47. The molecule has 2 aromatic carbocycles. The van der Waals surface area contributed by atoms with Crippen LogP contribution in [0.1, 0.15) is 15.9 Å². The maximum absolute atomic E-state index is 11.0. The third kappa shape index (κ3) is 3.56. The number of para-hydroxylation sites is 1. The van der Waals surface area contributed by atoms with Crippen LogP contribution in [0.3, 0.4) is 0 Å². The summed E-state index contributed by atoms with van der Waals surface area (Å²) in [4.78, 5) is 15.3. The van der Waals surface area contributed by atoms with Gasteiger partial charge in [-0.15, -0.1) is 12.4 Å². The first-order chi connectivity index (χ1) is 10.2. The molecule has 5 heteroatoms. The van der Waals surface area contributed by atoms with E-state index >= 15 is 0 Å². The van der Waals surface area contributed by atoms with Crippen LogP contribution in [0.15, 0.2) is 60.8 Å². The molecule has 0 saturated heterocycles. The number of carbonyl (C=O) groups excluding carboxylic acids is 1. The standard InChI is InChI=1S/C17H12ClNO2.ClH/c18-17(20)12-5-7-14(8-6-12)21-11-13-9-10-19-16-4-2-1-3-15(13)16;/h1-10H,11H2;1H. The Balaban J connectivity index is 0.00000176. The Kier molecular flexibility index (Phi) is 5.36. The fraction of sp³-hybridized carbons (Fsp3) is 0.0588. The normalized spacial score (nSPS) is 10.0. The molecule has 3 rings (SSSR count). The lowest BCUT2D eigenvalue weighted by molar-refractivity contribution is 0.108. The van der Waals surface area contributed by atoms with E-state index in [-0.39, 0.29) is 12.4 Å². The predicted molar refractivity (Wildman–Crippen MR) is 89.9 cm³/mol. The number of nitrogens with zero attached hydrogens (tertiary/aromatic N) is 1. The topological polar surface area (TPSA) is 39.2 Å². The monoisotopic (exact) mass is 333 g/mol. The molecule has 1 aromatic heterocycles. The van der Waals surface area contributed by atoms with E-state index in [1.807, 2.05) is 30.3 Å². The molecule has 112 valence electrons. The molecule has 0 N–H and O–H groups in total. The highest BCUT2D eigenvalue weighted by Gasteiger charge is 2.04. The molecule has 0 aliphatic rings. The molecule has 1 heterocycles. The first kappa shape index (κ1) is 16.3. The van der Waals surface area contributed by atoms with Crippen molar-refractivity contribution in [1.29, 1.82) is 0 Å². The lowest BCUT2D eigenvalue weighted by atomic mass is 10.1. The van der Waals surface area contributed by atoms with Crippen molar-refractivity contribution in [2.24, 2.45) is 0 Å². The van der Waals surface area contributed by atoms with Crippen LogP contribution in [0.5, 0.6) is 5.75 Å². The highest BCUT2D eigenvalue weighted by Crippen LogP contribution is 2.19. The Labute approximate surface area is 139 Å². The molecule has 0 radical (unpaired) electrons. The third-order valence-electron chi connectivity index (χ3n) is 3.21.